The van der Waals surface area contributed by atoms with Gasteiger partial charge in [-0.1, -0.05) is 0 Å². The molecule has 0 spiro atoms. The van der Waals surface area contributed by atoms with Crippen molar-refractivity contribution in [2.45, 2.75) is 0 Å². The number of aromatic nitrogens is 2. The smallest absolute Gasteiger partial charge is 0.159 e. The number of pyridine rings is 1. The van der Waals surface area contributed by atoms with Crippen molar-refractivity contribution in [2.75, 3.05) is 5.73 Å². The van der Waals surface area contributed by atoms with Gasteiger partial charge in [0.2, 0.25) is 0 Å². The number of fused-ring (bicyclic) bond motifs is 1. The monoisotopic (exact) mass is 245 g/mol. The van der Waals surface area contributed by atoms with Crippen molar-refractivity contribution in [3.8, 4) is 11.3 Å². The molecule has 3 aromatic rings. The maximum Gasteiger partial charge on any atom is 0.159 e. The molecule has 18 heavy (non-hydrogen) atoms. The third-order valence-electron chi connectivity index (χ3n) is 2.69. The summed E-state index contributed by atoms with van der Waals surface area (Å²) in [6.07, 6.45) is 3.43. The number of rotatable bonds is 1. The lowest BCUT2D eigenvalue weighted by molar-refractivity contribution is 0.509. The van der Waals surface area contributed by atoms with Crippen molar-refractivity contribution in [3.05, 3.63) is 54.4 Å². The number of nitrogen functional groups attached to an aromatic ring is 1. The predicted octanol–water partition coefficient (Wildman–Crippen LogP) is 2.86. The van der Waals surface area contributed by atoms with Crippen LogP contribution in [0, 0.1) is 11.6 Å². The molecule has 2 aromatic heterocycles. The van der Waals surface area contributed by atoms with E-state index in [1.807, 2.05) is 0 Å². The fourth-order valence-corrected chi connectivity index (χ4v) is 1.80. The van der Waals surface area contributed by atoms with E-state index in [2.05, 4.69) is 4.98 Å². The summed E-state index contributed by atoms with van der Waals surface area (Å²) in [5.41, 5.74) is 8.06. The van der Waals surface area contributed by atoms with Crippen LogP contribution in [-0.2, 0) is 0 Å². The van der Waals surface area contributed by atoms with Crippen LogP contribution >= 0.6 is 0 Å². The van der Waals surface area contributed by atoms with Gasteiger partial charge in [0, 0.05) is 23.6 Å². The molecule has 0 aliphatic heterocycles. The second-order valence-electron chi connectivity index (χ2n) is 3.98. The standard InChI is InChI=1S/C13H9F2N3/c14-10-3-1-8(5-11(10)15)12-7-18-6-9(16)2-4-13(18)17-12/h1-7H,16H2. The molecular weight excluding hydrogens is 236 g/mol. The molecule has 0 radical (unpaired) electrons. The molecule has 90 valence electrons. The van der Waals surface area contributed by atoms with E-state index in [1.165, 1.54) is 6.07 Å². The molecule has 5 heteroatoms. The lowest BCUT2D eigenvalue weighted by Crippen LogP contribution is -1.88. The van der Waals surface area contributed by atoms with Crippen molar-refractivity contribution < 1.29 is 8.78 Å². The number of halogens is 2. The molecule has 3 nitrogen and oxygen atoms in total. The number of hydrogen-bond acceptors (Lipinski definition) is 2. The van der Waals surface area contributed by atoms with E-state index in [-0.39, 0.29) is 0 Å². The second kappa shape index (κ2) is 3.80. The van der Waals surface area contributed by atoms with Gasteiger partial charge in [0.05, 0.1) is 5.69 Å². The molecule has 0 aliphatic carbocycles. The maximum atomic E-state index is 13.2. The van der Waals surface area contributed by atoms with E-state index in [0.29, 0.717) is 22.6 Å². The van der Waals surface area contributed by atoms with Gasteiger partial charge in [-0.3, -0.25) is 0 Å². The van der Waals surface area contributed by atoms with Crippen LogP contribution in [0.15, 0.2) is 42.7 Å². The minimum absolute atomic E-state index is 0.524. The van der Waals surface area contributed by atoms with Crippen LogP contribution in [0.4, 0.5) is 14.5 Å². The highest BCUT2D eigenvalue weighted by Crippen LogP contribution is 2.21. The van der Waals surface area contributed by atoms with Gasteiger partial charge in [-0.2, -0.15) is 0 Å². The minimum atomic E-state index is -0.885. The van der Waals surface area contributed by atoms with E-state index < -0.39 is 11.6 Å². The van der Waals surface area contributed by atoms with Crippen LogP contribution in [0.3, 0.4) is 0 Å². The minimum Gasteiger partial charge on any atom is -0.398 e. The van der Waals surface area contributed by atoms with Crippen LogP contribution in [0.25, 0.3) is 16.9 Å². The number of hydrogen-bond donors (Lipinski definition) is 1. The Morgan fingerprint density at radius 1 is 1.00 bits per heavy atom. The molecule has 2 N–H and O–H groups in total. The van der Waals surface area contributed by atoms with Crippen LogP contribution in [0.2, 0.25) is 0 Å². The molecule has 0 amide bonds. The first-order valence-electron chi connectivity index (χ1n) is 5.33. The molecule has 3 rings (SSSR count). The van der Waals surface area contributed by atoms with Crippen LogP contribution in [0.5, 0.6) is 0 Å². The first-order chi connectivity index (χ1) is 8.63. The highest BCUT2D eigenvalue weighted by Gasteiger charge is 2.08. The second-order valence-corrected chi connectivity index (χ2v) is 3.98. The number of benzene rings is 1. The van der Waals surface area contributed by atoms with E-state index in [9.17, 15) is 8.78 Å². The number of nitrogens with two attached hydrogens (primary N) is 1. The third kappa shape index (κ3) is 1.69. The van der Waals surface area contributed by atoms with Crippen molar-refractivity contribution in [2.24, 2.45) is 0 Å². The van der Waals surface area contributed by atoms with Gasteiger partial charge in [-0.25, -0.2) is 13.8 Å². The van der Waals surface area contributed by atoms with E-state index in [4.69, 9.17) is 5.73 Å². The molecule has 0 aliphatic rings. The summed E-state index contributed by atoms with van der Waals surface area (Å²) in [7, 11) is 0. The fourth-order valence-electron chi connectivity index (χ4n) is 1.80. The molecule has 0 saturated carbocycles. The van der Waals surface area contributed by atoms with Crippen molar-refractivity contribution in [1.82, 2.24) is 9.38 Å². The number of imidazole rings is 1. The summed E-state index contributed by atoms with van der Waals surface area (Å²) < 4.78 is 27.8. The summed E-state index contributed by atoms with van der Waals surface area (Å²) in [6.45, 7) is 0. The SMILES string of the molecule is Nc1ccc2nc(-c3ccc(F)c(F)c3)cn2c1. The number of anilines is 1. The van der Waals surface area contributed by atoms with Gasteiger partial charge < -0.3 is 10.1 Å². The molecule has 0 saturated heterocycles. The van der Waals surface area contributed by atoms with Crippen molar-refractivity contribution in [1.29, 1.82) is 0 Å². The zero-order valence-corrected chi connectivity index (χ0v) is 9.27. The number of nitrogens with zero attached hydrogens (tertiary/aromatic N) is 2. The summed E-state index contributed by atoms with van der Waals surface area (Å²) in [4.78, 5) is 4.31. The van der Waals surface area contributed by atoms with E-state index >= 15 is 0 Å². The molecular formula is C13H9F2N3. The van der Waals surface area contributed by atoms with Crippen LogP contribution < -0.4 is 5.73 Å². The Kier molecular flexibility index (Phi) is 2.26. The Balaban J connectivity index is 2.16. The summed E-state index contributed by atoms with van der Waals surface area (Å²) in [6, 6.07) is 7.20. The Morgan fingerprint density at radius 3 is 2.61 bits per heavy atom. The Morgan fingerprint density at radius 2 is 1.83 bits per heavy atom. The average Bonchev–Trinajstić information content (AvgIpc) is 2.75. The van der Waals surface area contributed by atoms with E-state index in [0.717, 1.165) is 12.1 Å². The summed E-state index contributed by atoms with van der Waals surface area (Å²) >= 11 is 0. The average molecular weight is 245 g/mol. The van der Waals surface area contributed by atoms with Gasteiger partial charge >= 0.3 is 0 Å². The lowest BCUT2D eigenvalue weighted by Gasteiger charge is -1.97. The normalized spacial score (nSPS) is 11.0. The van der Waals surface area contributed by atoms with Gasteiger partial charge in [-0.15, -0.1) is 0 Å². The Labute approximate surface area is 101 Å². The van der Waals surface area contributed by atoms with Crippen LogP contribution in [-0.4, -0.2) is 9.38 Å². The Hall–Kier alpha value is -2.43. The van der Waals surface area contributed by atoms with Crippen LogP contribution in [0.1, 0.15) is 0 Å². The molecule has 2 heterocycles. The highest BCUT2D eigenvalue weighted by molar-refractivity contribution is 5.63. The molecule has 1 aromatic carbocycles. The predicted molar refractivity (Wildman–Crippen MR) is 65.0 cm³/mol. The lowest BCUT2D eigenvalue weighted by atomic mass is 10.1. The maximum absolute atomic E-state index is 13.2. The first kappa shape index (κ1) is 10.7. The van der Waals surface area contributed by atoms with Gasteiger partial charge in [-0.05, 0) is 30.3 Å². The summed E-state index contributed by atoms with van der Waals surface area (Å²) in [5, 5.41) is 0. The van der Waals surface area contributed by atoms with Gasteiger partial charge in [0.1, 0.15) is 5.65 Å². The fraction of sp³-hybridized carbons (Fsp3) is 0. The molecule has 0 unspecified atom stereocenters. The first-order valence-corrected chi connectivity index (χ1v) is 5.33. The summed E-state index contributed by atoms with van der Waals surface area (Å²) in [5.74, 6) is -1.75. The van der Waals surface area contributed by atoms with E-state index in [1.54, 1.807) is 28.9 Å². The van der Waals surface area contributed by atoms with Gasteiger partial charge in [0.15, 0.2) is 11.6 Å². The molecule has 0 atom stereocenters. The third-order valence-corrected chi connectivity index (χ3v) is 2.69. The Bertz CT molecular complexity index is 734. The zero-order valence-electron chi connectivity index (χ0n) is 9.27. The largest absolute Gasteiger partial charge is 0.398 e. The molecule has 0 bridgehead atoms. The zero-order chi connectivity index (χ0) is 12.7. The van der Waals surface area contributed by atoms with Crippen molar-refractivity contribution in [3.63, 3.8) is 0 Å². The molecule has 0 fully saturated rings. The van der Waals surface area contributed by atoms with Crippen molar-refractivity contribution >= 4 is 11.3 Å². The van der Waals surface area contributed by atoms with Gasteiger partial charge in [0.25, 0.3) is 0 Å². The highest BCUT2D eigenvalue weighted by atomic mass is 19.2. The quantitative estimate of drug-likeness (QED) is 0.716. The topological polar surface area (TPSA) is 43.3 Å².